The van der Waals surface area contributed by atoms with Crippen molar-refractivity contribution in [1.29, 1.82) is 0 Å². The van der Waals surface area contributed by atoms with Crippen LogP contribution in [-0.4, -0.2) is 43.0 Å². The first-order valence-corrected chi connectivity index (χ1v) is 9.47. The number of aromatic nitrogens is 5. The Labute approximate surface area is 157 Å². The highest BCUT2D eigenvalue weighted by molar-refractivity contribution is 5.82. The first-order chi connectivity index (χ1) is 13.4. The van der Waals surface area contributed by atoms with Gasteiger partial charge in [0.1, 0.15) is 5.69 Å². The van der Waals surface area contributed by atoms with E-state index >= 15 is 0 Å². The molecule has 1 fully saturated rings. The Hall–Kier alpha value is -2.99. The van der Waals surface area contributed by atoms with E-state index in [1.54, 1.807) is 6.20 Å². The first kappa shape index (κ1) is 16.2. The number of hydrogen-bond acceptors (Lipinski definition) is 4. The molecule has 4 heterocycles. The van der Waals surface area contributed by atoms with E-state index in [0.29, 0.717) is 6.04 Å². The fourth-order valence-electron chi connectivity index (χ4n) is 3.93. The van der Waals surface area contributed by atoms with Crippen LogP contribution in [0.3, 0.4) is 0 Å². The highest BCUT2D eigenvalue weighted by atomic mass is 15.4. The van der Waals surface area contributed by atoms with Gasteiger partial charge in [0.25, 0.3) is 0 Å². The Morgan fingerprint density at radius 3 is 2.70 bits per heavy atom. The van der Waals surface area contributed by atoms with Crippen LogP contribution in [0.2, 0.25) is 0 Å². The lowest BCUT2D eigenvalue weighted by Crippen LogP contribution is -2.34. The average molecular weight is 358 g/mol. The number of nitrogens with zero attached hydrogens (tertiary/aromatic N) is 5. The third-order valence-corrected chi connectivity index (χ3v) is 5.44. The number of fused-ring (bicyclic) bond motifs is 1. The number of H-pyrrole nitrogens is 1. The summed E-state index contributed by atoms with van der Waals surface area (Å²) >= 11 is 0. The molecule has 0 amide bonds. The van der Waals surface area contributed by atoms with Gasteiger partial charge in [0.2, 0.25) is 0 Å². The molecule has 0 atom stereocenters. The van der Waals surface area contributed by atoms with Crippen molar-refractivity contribution in [2.45, 2.75) is 25.4 Å². The molecule has 136 valence electrons. The lowest BCUT2D eigenvalue weighted by atomic mass is 10.0. The molecule has 0 unspecified atom stereocenters. The van der Waals surface area contributed by atoms with Crippen LogP contribution < -0.4 is 0 Å². The topological polar surface area (TPSA) is 62.6 Å². The smallest absolute Gasteiger partial charge is 0.131 e. The van der Waals surface area contributed by atoms with Crippen molar-refractivity contribution in [2.75, 3.05) is 13.1 Å². The van der Waals surface area contributed by atoms with Gasteiger partial charge in [-0.2, -0.15) is 0 Å². The van der Waals surface area contributed by atoms with Gasteiger partial charge >= 0.3 is 0 Å². The first-order valence-electron chi connectivity index (χ1n) is 9.47. The molecule has 0 bridgehead atoms. The van der Waals surface area contributed by atoms with Crippen molar-refractivity contribution >= 4 is 10.9 Å². The van der Waals surface area contributed by atoms with E-state index in [-0.39, 0.29) is 0 Å². The van der Waals surface area contributed by atoms with Crippen LogP contribution in [-0.2, 0) is 6.54 Å². The van der Waals surface area contributed by atoms with E-state index < -0.39 is 0 Å². The molecule has 4 aromatic rings. The molecule has 0 saturated carbocycles. The summed E-state index contributed by atoms with van der Waals surface area (Å²) in [6, 6.07) is 14.8. The van der Waals surface area contributed by atoms with E-state index in [9.17, 15) is 0 Å². The maximum Gasteiger partial charge on any atom is 0.131 e. The van der Waals surface area contributed by atoms with E-state index in [0.717, 1.165) is 43.9 Å². The molecule has 0 spiro atoms. The summed E-state index contributed by atoms with van der Waals surface area (Å²) in [5, 5.41) is 10.00. The summed E-state index contributed by atoms with van der Waals surface area (Å²) in [5.74, 6) is 0. The minimum atomic E-state index is 0.411. The summed E-state index contributed by atoms with van der Waals surface area (Å²) in [5.41, 5.74) is 4.31. The zero-order chi connectivity index (χ0) is 18.1. The monoisotopic (exact) mass is 358 g/mol. The van der Waals surface area contributed by atoms with E-state index in [4.69, 9.17) is 0 Å². The zero-order valence-corrected chi connectivity index (χ0v) is 15.1. The molecular weight excluding hydrogens is 336 g/mol. The van der Waals surface area contributed by atoms with Crippen molar-refractivity contribution in [3.63, 3.8) is 0 Å². The second kappa shape index (κ2) is 6.96. The molecule has 27 heavy (non-hydrogen) atoms. The molecule has 0 aliphatic carbocycles. The van der Waals surface area contributed by atoms with Gasteiger partial charge in [0, 0.05) is 42.9 Å². The molecule has 1 aromatic carbocycles. The van der Waals surface area contributed by atoms with Crippen LogP contribution in [0, 0.1) is 0 Å². The molecule has 1 saturated heterocycles. The Morgan fingerprint density at radius 1 is 1.00 bits per heavy atom. The van der Waals surface area contributed by atoms with Crippen LogP contribution in [0.4, 0.5) is 0 Å². The SMILES string of the molecule is c1ccc(-c2cn(C3CCN(Cc4c[nH]c5ccccc45)CC3)nn2)nc1. The molecule has 6 nitrogen and oxygen atoms in total. The second-order valence-corrected chi connectivity index (χ2v) is 7.17. The van der Waals surface area contributed by atoms with Gasteiger partial charge in [-0.15, -0.1) is 5.10 Å². The van der Waals surface area contributed by atoms with Gasteiger partial charge in [0.15, 0.2) is 0 Å². The summed E-state index contributed by atoms with van der Waals surface area (Å²) in [6.07, 6.45) is 8.15. The van der Waals surface area contributed by atoms with Gasteiger partial charge < -0.3 is 4.98 Å². The third-order valence-electron chi connectivity index (χ3n) is 5.44. The van der Waals surface area contributed by atoms with E-state index in [1.807, 2.05) is 29.1 Å². The zero-order valence-electron chi connectivity index (χ0n) is 15.1. The number of para-hydroxylation sites is 1. The predicted molar refractivity (Wildman–Crippen MR) is 105 cm³/mol. The molecule has 5 rings (SSSR count). The third kappa shape index (κ3) is 3.24. The van der Waals surface area contributed by atoms with Crippen LogP contribution in [0.25, 0.3) is 22.3 Å². The standard InChI is InChI=1S/C21H22N6/c1-2-6-19-18(5-1)16(13-23-19)14-26-11-8-17(9-12-26)27-15-21(24-25-27)20-7-3-4-10-22-20/h1-7,10,13,15,17,23H,8-9,11-12,14H2. The Balaban J connectivity index is 1.24. The van der Waals surface area contributed by atoms with Crippen molar-refractivity contribution in [3.8, 4) is 11.4 Å². The Morgan fingerprint density at radius 2 is 1.85 bits per heavy atom. The highest BCUT2D eigenvalue weighted by Crippen LogP contribution is 2.26. The predicted octanol–water partition coefficient (Wildman–Crippen LogP) is 3.66. The molecule has 1 aliphatic rings. The second-order valence-electron chi connectivity index (χ2n) is 7.17. The quantitative estimate of drug-likeness (QED) is 0.605. The number of rotatable bonds is 4. The number of hydrogen-bond donors (Lipinski definition) is 1. The molecule has 1 N–H and O–H groups in total. The lowest BCUT2D eigenvalue weighted by molar-refractivity contribution is 0.172. The molecule has 3 aromatic heterocycles. The summed E-state index contributed by atoms with van der Waals surface area (Å²) < 4.78 is 2.02. The van der Waals surface area contributed by atoms with Gasteiger partial charge in [-0.3, -0.25) is 9.88 Å². The number of likely N-dealkylation sites (tertiary alicyclic amines) is 1. The van der Waals surface area contributed by atoms with Crippen LogP contribution in [0.5, 0.6) is 0 Å². The maximum absolute atomic E-state index is 4.36. The molecule has 0 radical (unpaired) electrons. The van der Waals surface area contributed by atoms with Crippen molar-refractivity contribution < 1.29 is 0 Å². The van der Waals surface area contributed by atoms with Crippen molar-refractivity contribution in [3.05, 3.63) is 66.6 Å². The Kier molecular flexibility index (Phi) is 4.18. The van der Waals surface area contributed by atoms with Crippen molar-refractivity contribution in [1.82, 2.24) is 29.9 Å². The minimum Gasteiger partial charge on any atom is -0.361 e. The largest absolute Gasteiger partial charge is 0.361 e. The lowest BCUT2D eigenvalue weighted by Gasteiger charge is -2.31. The van der Waals surface area contributed by atoms with Gasteiger partial charge in [-0.05, 0) is 36.6 Å². The van der Waals surface area contributed by atoms with E-state index in [2.05, 4.69) is 55.6 Å². The number of pyridine rings is 1. The van der Waals surface area contributed by atoms with Gasteiger partial charge in [-0.25, -0.2) is 4.68 Å². The molecule has 6 heteroatoms. The Bertz CT molecular complexity index is 1030. The fourth-order valence-corrected chi connectivity index (χ4v) is 3.93. The minimum absolute atomic E-state index is 0.411. The van der Waals surface area contributed by atoms with Crippen LogP contribution in [0.1, 0.15) is 24.4 Å². The number of nitrogens with one attached hydrogen (secondary N) is 1. The summed E-state index contributed by atoms with van der Waals surface area (Å²) in [4.78, 5) is 10.3. The molecule has 1 aliphatic heterocycles. The average Bonchev–Trinajstić information content (AvgIpc) is 3.37. The van der Waals surface area contributed by atoms with Gasteiger partial charge in [-0.1, -0.05) is 29.5 Å². The summed E-state index contributed by atoms with van der Waals surface area (Å²) in [6.45, 7) is 3.14. The highest BCUT2D eigenvalue weighted by Gasteiger charge is 2.22. The van der Waals surface area contributed by atoms with Crippen LogP contribution >= 0.6 is 0 Å². The summed E-state index contributed by atoms with van der Waals surface area (Å²) in [7, 11) is 0. The number of aromatic amines is 1. The van der Waals surface area contributed by atoms with E-state index in [1.165, 1.54) is 16.5 Å². The van der Waals surface area contributed by atoms with Crippen molar-refractivity contribution in [2.24, 2.45) is 0 Å². The maximum atomic E-state index is 4.36. The van der Waals surface area contributed by atoms with Crippen LogP contribution in [0.15, 0.2) is 61.1 Å². The van der Waals surface area contributed by atoms with Gasteiger partial charge in [0.05, 0.1) is 17.9 Å². The fraction of sp³-hybridized carbons (Fsp3) is 0.286. The molecular formula is C21H22N6. The number of piperidine rings is 1. The normalized spacial score (nSPS) is 16.1. The number of benzene rings is 1.